The minimum Gasteiger partial charge on any atom is -0.356 e. The summed E-state index contributed by atoms with van der Waals surface area (Å²) in [7, 11) is 0. The van der Waals surface area contributed by atoms with Crippen molar-refractivity contribution < 1.29 is 4.79 Å². The van der Waals surface area contributed by atoms with Gasteiger partial charge < -0.3 is 11.1 Å². The van der Waals surface area contributed by atoms with E-state index in [0.717, 1.165) is 18.9 Å². The Morgan fingerprint density at radius 3 is 2.39 bits per heavy atom. The molecule has 0 aromatic carbocycles. The maximum absolute atomic E-state index is 12.0. The summed E-state index contributed by atoms with van der Waals surface area (Å²) in [6.45, 7) is 7.91. The molecule has 3 heteroatoms. The summed E-state index contributed by atoms with van der Waals surface area (Å²) >= 11 is 0. The summed E-state index contributed by atoms with van der Waals surface area (Å²) in [4.78, 5) is 12.0. The van der Waals surface area contributed by atoms with Gasteiger partial charge in [0, 0.05) is 13.1 Å². The zero-order chi connectivity index (χ0) is 13.5. The first-order valence-corrected chi connectivity index (χ1v) is 7.50. The van der Waals surface area contributed by atoms with Crippen LogP contribution in [0, 0.1) is 23.7 Å². The molecule has 1 rings (SSSR count). The summed E-state index contributed by atoms with van der Waals surface area (Å²) in [5, 5.41) is 3.10. The Kier molecular flexibility index (Phi) is 6.69. The molecule has 1 fully saturated rings. The van der Waals surface area contributed by atoms with Crippen LogP contribution in [0.5, 0.6) is 0 Å². The van der Waals surface area contributed by atoms with E-state index in [1.807, 2.05) is 0 Å². The summed E-state index contributed by atoms with van der Waals surface area (Å²) in [6.07, 6.45) is 6.04. The van der Waals surface area contributed by atoms with Gasteiger partial charge in [0.15, 0.2) is 0 Å². The predicted molar refractivity (Wildman–Crippen MR) is 76.1 cm³/mol. The van der Waals surface area contributed by atoms with E-state index in [4.69, 9.17) is 5.73 Å². The highest BCUT2D eigenvalue weighted by atomic mass is 16.1. The van der Waals surface area contributed by atoms with Gasteiger partial charge in [-0.2, -0.15) is 0 Å². The van der Waals surface area contributed by atoms with Gasteiger partial charge in [-0.05, 0) is 37.0 Å². The van der Waals surface area contributed by atoms with Crippen molar-refractivity contribution in [3.05, 3.63) is 0 Å². The molecule has 1 saturated carbocycles. The summed E-state index contributed by atoms with van der Waals surface area (Å²) in [5.41, 5.74) is 5.69. The number of nitrogens with two attached hydrogens (primary N) is 1. The number of rotatable bonds is 6. The lowest BCUT2D eigenvalue weighted by molar-refractivity contribution is -0.125. The van der Waals surface area contributed by atoms with Gasteiger partial charge in [-0.15, -0.1) is 0 Å². The minimum atomic E-state index is -0.00693. The molecule has 1 aliphatic rings. The maximum Gasteiger partial charge on any atom is 0.224 e. The molecule has 1 aliphatic carbocycles. The third kappa shape index (κ3) is 5.38. The Bertz CT molecular complexity index is 245. The van der Waals surface area contributed by atoms with E-state index in [2.05, 4.69) is 26.1 Å². The highest BCUT2D eigenvalue weighted by Gasteiger charge is 2.21. The van der Waals surface area contributed by atoms with Gasteiger partial charge >= 0.3 is 0 Å². The molecule has 0 saturated heterocycles. The predicted octanol–water partition coefficient (Wildman–Crippen LogP) is 2.55. The highest BCUT2D eigenvalue weighted by Crippen LogP contribution is 2.27. The normalized spacial score (nSPS) is 26.1. The van der Waals surface area contributed by atoms with Crippen LogP contribution in [0.15, 0.2) is 0 Å². The van der Waals surface area contributed by atoms with E-state index in [1.165, 1.54) is 25.7 Å². The highest BCUT2D eigenvalue weighted by molar-refractivity contribution is 5.78. The van der Waals surface area contributed by atoms with E-state index in [0.29, 0.717) is 18.4 Å². The van der Waals surface area contributed by atoms with Gasteiger partial charge in [-0.1, -0.05) is 33.6 Å². The van der Waals surface area contributed by atoms with Crippen molar-refractivity contribution in [2.24, 2.45) is 29.4 Å². The topological polar surface area (TPSA) is 55.1 Å². The Labute approximate surface area is 112 Å². The number of carbonyl (C=O) groups is 1. The molecule has 0 aliphatic heterocycles. The van der Waals surface area contributed by atoms with Crippen LogP contribution in [-0.4, -0.2) is 19.0 Å². The lowest BCUT2D eigenvalue weighted by Crippen LogP contribution is -2.38. The van der Waals surface area contributed by atoms with Crippen molar-refractivity contribution in [1.29, 1.82) is 0 Å². The van der Waals surface area contributed by atoms with E-state index < -0.39 is 0 Å². The molecule has 0 bridgehead atoms. The first-order valence-electron chi connectivity index (χ1n) is 7.50. The SMILES string of the molecule is CC(C)CC(CN)C(=O)NCC1CCC(C)CC1. The molecule has 3 N–H and O–H groups in total. The molecule has 1 amide bonds. The molecule has 0 aromatic heterocycles. The van der Waals surface area contributed by atoms with Crippen molar-refractivity contribution in [2.45, 2.75) is 52.9 Å². The molecule has 0 radical (unpaired) electrons. The summed E-state index contributed by atoms with van der Waals surface area (Å²) in [5.74, 6) is 2.23. The fraction of sp³-hybridized carbons (Fsp3) is 0.933. The molecule has 0 spiro atoms. The molecular formula is C15H30N2O. The number of nitrogens with one attached hydrogen (secondary N) is 1. The maximum atomic E-state index is 12.0. The molecule has 106 valence electrons. The number of hydrogen-bond donors (Lipinski definition) is 2. The quantitative estimate of drug-likeness (QED) is 0.765. The van der Waals surface area contributed by atoms with Crippen molar-refractivity contribution >= 4 is 5.91 Å². The van der Waals surface area contributed by atoms with Gasteiger partial charge in [-0.3, -0.25) is 4.79 Å². The van der Waals surface area contributed by atoms with E-state index in [-0.39, 0.29) is 11.8 Å². The standard InChI is InChI=1S/C15H30N2O/c1-11(2)8-14(9-16)15(18)17-10-13-6-4-12(3)5-7-13/h11-14H,4-10,16H2,1-3H3,(H,17,18). The van der Waals surface area contributed by atoms with Gasteiger partial charge in [-0.25, -0.2) is 0 Å². The second-order valence-corrected chi connectivity index (χ2v) is 6.43. The lowest BCUT2D eigenvalue weighted by atomic mass is 9.83. The molecule has 0 heterocycles. The zero-order valence-corrected chi connectivity index (χ0v) is 12.2. The average Bonchev–Trinajstić information content (AvgIpc) is 2.34. The van der Waals surface area contributed by atoms with E-state index >= 15 is 0 Å². The smallest absolute Gasteiger partial charge is 0.224 e. The van der Waals surface area contributed by atoms with Gasteiger partial charge in [0.1, 0.15) is 0 Å². The van der Waals surface area contributed by atoms with Crippen LogP contribution in [0.2, 0.25) is 0 Å². The molecule has 1 atom stereocenters. The fourth-order valence-corrected chi connectivity index (χ4v) is 2.80. The Morgan fingerprint density at radius 2 is 1.89 bits per heavy atom. The molecule has 1 unspecified atom stereocenters. The summed E-state index contributed by atoms with van der Waals surface area (Å²) in [6, 6.07) is 0. The fourth-order valence-electron chi connectivity index (χ4n) is 2.80. The van der Waals surface area contributed by atoms with Gasteiger partial charge in [0.25, 0.3) is 0 Å². The second kappa shape index (κ2) is 7.78. The Balaban J connectivity index is 2.26. The van der Waals surface area contributed by atoms with Crippen molar-refractivity contribution in [1.82, 2.24) is 5.32 Å². The van der Waals surface area contributed by atoms with Gasteiger partial charge in [0.2, 0.25) is 5.91 Å². The third-order valence-electron chi connectivity index (χ3n) is 4.11. The van der Waals surface area contributed by atoms with Crippen molar-refractivity contribution in [2.75, 3.05) is 13.1 Å². The second-order valence-electron chi connectivity index (χ2n) is 6.43. The van der Waals surface area contributed by atoms with Crippen LogP contribution in [-0.2, 0) is 4.79 Å². The Hall–Kier alpha value is -0.570. The average molecular weight is 254 g/mol. The first kappa shape index (κ1) is 15.5. The van der Waals surface area contributed by atoms with Crippen LogP contribution in [0.25, 0.3) is 0 Å². The molecule has 0 aromatic rings. The third-order valence-corrected chi connectivity index (χ3v) is 4.11. The summed E-state index contributed by atoms with van der Waals surface area (Å²) < 4.78 is 0. The van der Waals surface area contributed by atoms with Crippen LogP contribution in [0.3, 0.4) is 0 Å². The minimum absolute atomic E-state index is 0.00693. The monoisotopic (exact) mass is 254 g/mol. The number of amides is 1. The van der Waals surface area contributed by atoms with Crippen LogP contribution in [0.4, 0.5) is 0 Å². The number of hydrogen-bond acceptors (Lipinski definition) is 2. The molecule has 18 heavy (non-hydrogen) atoms. The Morgan fingerprint density at radius 1 is 1.28 bits per heavy atom. The van der Waals surface area contributed by atoms with Crippen molar-refractivity contribution in [3.8, 4) is 0 Å². The van der Waals surface area contributed by atoms with Crippen LogP contribution >= 0.6 is 0 Å². The molecule has 3 nitrogen and oxygen atoms in total. The van der Waals surface area contributed by atoms with Crippen molar-refractivity contribution in [3.63, 3.8) is 0 Å². The van der Waals surface area contributed by atoms with E-state index in [9.17, 15) is 4.79 Å². The first-order chi connectivity index (χ1) is 8.52. The van der Waals surface area contributed by atoms with E-state index in [1.54, 1.807) is 0 Å². The van der Waals surface area contributed by atoms with Crippen LogP contribution < -0.4 is 11.1 Å². The number of carbonyl (C=O) groups excluding carboxylic acids is 1. The largest absolute Gasteiger partial charge is 0.356 e. The molecular weight excluding hydrogens is 224 g/mol. The van der Waals surface area contributed by atoms with Gasteiger partial charge in [0.05, 0.1) is 5.92 Å². The zero-order valence-electron chi connectivity index (χ0n) is 12.2. The van der Waals surface area contributed by atoms with Crippen LogP contribution in [0.1, 0.15) is 52.9 Å². The lowest BCUT2D eigenvalue weighted by Gasteiger charge is -2.27.